The maximum atomic E-state index is 11.9. The van der Waals surface area contributed by atoms with Gasteiger partial charge in [-0.05, 0) is 18.6 Å². The standard InChI is InChI=1S/C14H15NO3/c1-9-2-3-12-10(8-18-13(12)4-9)5-14(17)15-6-11(16)7-15/h2-4,8,11,16H,5-7H2,1H3. The van der Waals surface area contributed by atoms with Gasteiger partial charge in [-0.3, -0.25) is 4.79 Å². The predicted molar refractivity (Wildman–Crippen MR) is 67.2 cm³/mol. The summed E-state index contributed by atoms with van der Waals surface area (Å²) in [5.74, 6) is 0.0450. The second-order valence-corrected chi connectivity index (χ2v) is 4.89. The fourth-order valence-corrected chi connectivity index (χ4v) is 2.26. The quantitative estimate of drug-likeness (QED) is 0.872. The molecule has 4 nitrogen and oxygen atoms in total. The monoisotopic (exact) mass is 245 g/mol. The summed E-state index contributed by atoms with van der Waals surface area (Å²) >= 11 is 0. The number of furan rings is 1. The van der Waals surface area contributed by atoms with Crippen LogP contribution in [0.1, 0.15) is 11.1 Å². The smallest absolute Gasteiger partial charge is 0.227 e. The van der Waals surface area contributed by atoms with E-state index in [0.717, 1.165) is 22.1 Å². The number of carbonyl (C=O) groups excluding carboxylic acids is 1. The van der Waals surface area contributed by atoms with Crippen LogP contribution in [0.3, 0.4) is 0 Å². The van der Waals surface area contributed by atoms with Gasteiger partial charge in [-0.2, -0.15) is 0 Å². The number of aliphatic hydroxyl groups excluding tert-OH is 1. The zero-order valence-corrected chi connectivity index (χ0v) is 10.2. The molecule has 2 heterocycles. The first-order chi connectivity index (χ1) is 8.63. The van der Waals surface area contributed by atoms with Crippen LogP contribution in [0.15, 0.2) is 28.9 Å². The summed E-state index contributed by atoms with van der Waals surface area (Å²) in [7, 11) is 0. The van der Waals surface area contributed by atoms with E-state index in [-0.39, 0.29) is 12.0 Å². The molecule has 1 amide bonds. The van der Waals surface area contributed by atoms with Gasteiger partial charge in [-0.15, -0.1) is 0 Å². The Kier molecular flexibility index (Phi) is 2.59. The molecule has 1 aliphatic heterocycles. The number of amides is 1. The number of aliphatic hydroxyl groups is 1. The van der Waals surface area contributed by atoms with E-state index in [4.69, 9.17) is 4.42 Å². The SMILES string of the molecule is Cc1ccc2c(CC(=O)N3CC(O)C3)coc2c1. The highest BCUT2D eigenvalue weighted by Crippen LogP contribution is 2.23. The molecular weight excluding hydrogens is 230 g/mol. The van der Waals surface area contributed by atoms with Gasteiger partial charge in [0, 0.05) is 24.0 Å². The lowest BCUT2D eigenvalue weighted by Crippen LogP contribution is -2.53. The van der Waals surface area contributed by atoms with Gasteiger partial charge in [0.15, 0.2) is 0 Å². The van der Waals surface area contributed by atoms with Crippen molar-refractivity contribution in [3.8, 4) is 0 Å². The molecule has 1 saturated heterocycles. The molecule has 0 saturated carbocycles. The topological polar surface area (TPSA) is 53.7 Å². The molecule has 0 bridgehead atoms. The molecule has 18 heavy (non-hydrogen) atoms. The Labute approximate surface area is 105 Å². The van der Waals surface area contributed by atoms with Crippen LogP contribution in [-0.2, 0) is 11.2 Å². The zero-order chi connectivity index (χ0) is 12.7. The van der Waals surface area contributed by atoms with Crippen LogP contribution in [0, 0.1) is 6.92 Å². The van der Waals surface area contributed by atoms with Crippen LogP contribution < -0.4 is 0 Å². The van der Waals surface area contributed by atoms with E-state index < -0.39 is 0 Å². The van der Waals surface area contributed by atoms with Crippen LogP contribution in [0.5, 0.6) is 0 Å². The van der Waals surface area contributed by atoms with Crippen LogP contribution in [0.25, 0.3) is 11.0 Å². The molecule has 1 aromatic carbocycles. The third-order valence-corrected chi connectivity index (χ3v) is 3.37. The van der Waals surface area contributed by atoms with Gasteiger partial charge in [0.1, 0.15) is 5.58 Å². The van der Waals surface area contributed by atoms with Gasteiger partial charge < -0.3 is 14.4 Å². The lowest BCUT2D eigenvalue weighted by Gasteiger charge is -2.35. The van der Waals surface area contributed by atoms with Gasteiger partial charge in [0.25, 0.3) is 0 Å². The van der Waals surface area contributed by atoms with Gasteiger partial charge >= 0.3 is 0 Å². The second kappa shape index (κ2) is 4.14. The van der Waals surface area contributed by atoms with E-state index >= 15 is 0 Å². The van der Waals surface area contributed by atoms with E-state index in [1.54, 1.807) is 11.2 Å². The normalized spacial score (nSPS) is 16.0. The predicted octanol–water partition coefficient (Wildman–Crippen LogP) is 1.49. The Morgan fingerprint density at radius 2 is 2.28 bits per heavy atom. The Balaban J connectivity index is 1.80. The maximum Gasteiger partial charge on any atom is 0.227 e. The summed E-state index contributed by atoms with van der Waals surface area (Å²) in [6.07, 6.45) is 1.64. The van der Waals surface area contributed by atoms with Crippen LogP contribution in [0.2, 0.25) is 0 Å². The highest BCUT2D eigenvalue weighted by molar-refractivity contribution is 5.88. The Morgan fingerprint density at radius 3 is 3.00 bits per heavy atom. The third kappa shape index (κ3) is 1.88. The lowest BCUT2D eigenvalue weighted by atomic mass is 10.1. The van der Waals surface area contributed by atoms with E-state index in [1.807, 2.05) is 25.1 Å². The number of fused-ring (bicyclic) bond motifs is 1. The average molecular weight is 245 g/mol. The third-order valence-electron chi connectivity index (χ3n) is 3.37. The summed E-state index contributed by atoms with van der Waals surface area (Å²) in [5.41, 5.74) is 2.87. The summed E-state index contributed by atoms with van der Waals surface area (Å²) < 4.78 is 5.46. The molecule has 1 fully saturated rings. The molecule has 1 aromatic heterocycles. The Hall–Kier alpha value is -1.81. The minimum Gasteiger partial charge on any atom is -0.464 e. The zero-order valence-electron chi connectivity index (χ0n) is 10.2. The van der Waals surface area contributed by atoms with Gasteiger partial charge in [-0.1, -0.05) is 12.1 Å². The molecule has 0 spiro atoms. The van der Waals surface area contributed by atoms with Gasteiger partial charge in [-0.25, -0.2) is 0 Å². The van der Waals surface area contributed by atoms with Crippen molar-refractivity contribution >= 4 is 16.9 Å². The molecule has 3 rings (SSSR count). The van der Waals surface area contributed by atoms with E-state index in [1.165, 1.54) is 0 Å². The first-order valence-corrected chi connectivity index (χ1v) is 6.06. The fourth-order valence-electron chi connectivity index (χ4n) is 2.26. The number of carbonyl (C=O) groups is 1. The van der Waals surface area contributed by atoms with Crippen molar-refractivity contribution in [2.45, 2.75) is 19.4 Å². The van der Waals surface area contributed by atoms with Gasteiger partial charge in [0.2, 0.25) is 5.91 Å². The highest BCUT2D eigenvalue weighted by Gasteiger charge is 2.28. The maximum absolute atomic E-state index is 11.9. The number of hydrogen-bond acceptors (Lipinski definition) is 3. The van der Waals surface area contributed by atoms with E-state index in [0.29, 0.717) is 19.5 Å². The number of hydrogen-bond donors (Lipinski definition) is 1. The number of nitrogens with zero attached hydrogens (tertiary/aromatic N) is 1. The van der Waals surface area contributed by atoms with Crippen molar-refractivity contribution < 1.29 is 14.3 Å². The molecule has 2 aromatic rings. The highest BCUT2D eigenvalue weighted by atomic mass is 16.3. The molecule has 94 valence electrons. The minimum absolute atomic E-state index is 0.0450. The number of benzene rings is 1. The molecule has 1 N–H and O–H groups in total. The molecule has 1 aliphatic rings. The average Bonchev–Trinajstić information content (AvgIpc) is 2.67. The minimum atomic E-state index is -0.349. The first kappa shape index (κ1) is 11.3. The molecule has 0 atom stereocenters. The van der Waals surface area contributed by atoms with E-state index in [2.05, 4.69) is 0 Å². The van der Waals surface area contributed by atoms with Crippen LogP contribution in [-0.4, -0.2) is 35.1 Å². The van der Waals surface area contributed by atoms with Gasteiger partial charge in [0.05, 0.1) is 18.8 Å². The molecule has 0 aliphatic carbocycles. The Morgan fingerprint density at radius 1 is 1.50 bits per heavy atom. The van der Waals surface area contributed by atoms with Crippen molar-refractivity contribution in [1.29, 1.82) is 0 Å². The van der Waals surface area contributed by atoms with Crippen LogP contribution in [0.4, 0.5) is 0 Å². The van der Waals surface area contributed by atoms with Crippen LogP contribution >= 0.6 is 0 Å². The summed E-state index contributed by atoms with van der Waals surface area (Å²) in [5, 5.41) is 10.2. The van der Waals surface area contributed by atoms with E-state index in [9.17, 15) is 9.90 Å². The summed E-state index contributed by atoms with van der Waals surface area (Å²) in [6, 6.07) is 5.97. The first-order valence-electron chi connectivity index (χ1n) is 6.06. The summed E-state index contributed by atoms with van der Waals surface area (Å²) in [6.45, 7) is 2.91. The fraction of sp³-hybridized carbons (Fsp3) is 0.357. The number of likely N-dealkylation sites (tertiary alicyclic amines) is 1. The molecule has 0 unspecified atom stereocenters. The summed E-state index contributed by atoms with van der Waals surface area (Å²) in [4.78, 5) is 13.6. The van der Waals surface area contributed by atoms with Crippen molar-refractivity contribution in [2.75, 3.05) is 13.1 Å². The number of aryl methyl sites for hydroxylation is 1. The number of β-amino-alcohol motifs (C(OH)–C–C–N with tert-alkyl or cyclic N) is 1. The molecular formula is C14H15NO3. The van der Waals surface area contributed by atoms with Crippen molar-refractivity contribution in [2.24, 2.45) is 0 Å². The molecule has 4 heteroatoms. The largest absolute Gasteiger partial charge is 0.464 e. The number of rotatable bonds is 2. The van der Waals surface area contributed by atoms with Crippen molar-refractivity contribution in [3.63, 3.8) is 0 Å². The van der Waals surface area contributed by atoms with Crippen molar-refractivity contribution in [1.82, 2.24) is 4.90 Å². The van der Waals surface area contributed by atoms with Crippen molar-refractivity contribution in [3.05, 3.63) is 35.6 Å². The molecule has 0 radical (unpaired) electrons. The Bertz CT molecular complexity index is 596. The lowest BCUT2D eigenvalue weighted by molar-refractivity contribution is -0.140. The second-order valence-electron chi connectivity index (χ2n) is 4.89.